The Labute approximate surface area is 178 Å². The van der Waals surface area contributed by atoms with Crippen LogP contribution in [0.1, 0.15) is 16.9 Å². The fourth-order valence-corrected chi connectivity index (χ4v) is 2.69. The van der Waals surface area contributed by atoms with E-state index < -0.39 is 5.91 Å². The molecule has 0 unspecified atom stereocenters. The Bertz CT molecular complexity index is 1110. The Morgan fingerprint density at radius 1 is 1.23 bits per heavy atom. The molecule has 2 aromatic carbocycles. The molecule has 0 aliphatic carbocycles. The van der Waals surface area contributed by atoms with Crippen LogP contribution in [0.5, 0.6) is 11.5 Å². The number of halogens is 1. The van der Waals surface area contributed by atoms with Gasteiger partial charge in [0.05, 0.1) is 7.11 Å². The van der Waals surface area contributed by atoms with Crippen LogP contribution in [0, 0.1) is 18.3 Å². The fourth-order valence-electron chi connectivity index (χ4n) is 2.56. The summed E-state index contributed by atoms with van der Waals surface area (Å²) in [4.78, 5) is 12.3. The molecule has 152 valence electrons. The van der Waals surface area contributed by atoms with Gasteiger partial charge in [0.25, 0.3) is 5.91 Å². The zero-order valence-corrected chi connectivity index (χ0v) is 17.1. The molecule has 0 saturated carbocycles. The molecule has 0 radical (unpaired) electrons. The number of anilines is 1. The smallest absolute Gasteiger partial charge is 0.267 e. The van der Waals surface area contributed by atoms with Crippen LogP contribution < -0.4 is 14.8 Å². The number of hydrogen-bond acceptors (Lipinski definition) is 6. The van der Waals surface area contributed by atoms with Crippen molar-refractivity contribution < 1.29 is 18.8 Å². The van der Waals surface area contributed by atoms with E-state index in [1.165, 1.54) is 13.2 Å². The van der Waals surface area contributed by atoms with Crippen LogP contribution in [0.15, 0.2) is 58.6 Å². The average molecular weight is 424 g/mol. The summed E-state index contributed by atoms with van der Waals surface area (Å²) in [6.45, 7) is 2.04. The predicted octanol–water partition coefficient (Wildman–Crippen LogP) is 4.77. The molecule has 1 heterocycles. The van der Waals surface area contributed by atoms with Crippen LogP contribution in [0.25, 0.3) is 6.08 Å². The fraction of sp³-hybridized carbons (Fsp3) is 0.136. The van der Waals surface area contributed by atoms with Gasteiger partial charge in [0.1, 0.15) is 24.0 Å². The normalized spacial score (nSPS) is 10.9. The van der Waals surface area contributed by atoms with Crippen molar-refractivity contribution in [2.45, 2.75) is 13.5 Å². The molecule has 3 aromatic rings. The molecular formula is C22H18ClN3O4. The first-order chi connectivity index (χ1) is 14.5. The van der Waals surface area contributed by atoms with Gasteiger partial charge < -0.3 is 19.3 Å². The summed E-state index contributed by atoms with van der Waals surface area (Å²) in [6, 6.07) is 15.9. The van der Waals surface area contributed by atoms with E-state index in [2.05, 4.69) is 10.5 Å². The molecule has 3 rings (SSSR count). The Balaban J connectivity index is 1.74. The standard InChI is InChI=1S/C22H18ClN3O4/c1-14-9-21(26-30-14)25-22(27)17(12-24)10-16-5-8-19(20(11-16)28-2)29-13-15-3-6-18(23)7-4-15/h3-11H,13H2,1-2H3,(H,25,26,27)/b17-10-. The molecule has 0 saturated heterocycles. The van der Waals surface area contributed by atoms with Crippen molar-refractivity contribution in [3.63, 3.8) is 0 Å². The lowest BCUT2D eigenvalue weighted by atomic mass is 10.1. The zero-order valence-electron chi connectivity index (χ0n) is 16.3. The molecule has 8 heteroatoms. The summed E-state index contributed by atoms with van der Waals surface area (Å²) in [5.41, 5.74) is 1.47. The summed E-state index contributed by atoms with van der Waals surface area (Å²) in [6.07, 6.45) is 1.45. The van der Waals surface area contributed by atoms with Gasteiger partial charge in [-0.15, -0.1) is 0 Å². The van der Waals surface area contributed by atoms with E-state index in [4.69, 9.17) is 25.6 Å². The monoisotopic (exact) mass is 423 g/mol. The third-order valence-corrected chi connectivity index (χ3v) is 4.29. The second-order valence-corrected chi connectivity index (χ2v) is 6.71. The van der Waals surface area contributed by atoms with Crippen LogP contribution in [-0.2, 0) is 11.4 Å². The highest BCUT2D eigenvalue weighted by molar-refractivity contribution is 6.30. The predicted molar refractivity (Wildman–Crippen MR) is 112 cm³/mol. The van der Waals surface area contributed by atoms with Crippen molar-refractivity contribution in [2.24, 2.45) is 0 Å². The maximum absolute atomic E-state index is 12.3. The summed E-state index contributed by atoms with van der Waals surface area (Å²) in [5, 5.41) is 16.2. The number of carbonyl (C=O) groups excluding carboxylic acids is 1. The summed E-state index contributed by atoms with van der Waals surface area (Å²) in [7, 11) is 1.52. The van der Waals surface area contributed by atoms with Gasteiger partial charge in [-0.05, 0) is 48.4 Å². The lowest BCUT2D eigenvalue weighted by Crippen LogP contribution is -2.13. The van der Waals surface area contributed by atoms with Crippen LogP contribution in [0.4, 0.5) is 5.82 Å². The maximum Gasteiger partial charge on any atom is 0.267 e. The Kier molecular flexibility index (Phi) is 6.73. The van der Waals surface area contributed by atoms with Crippen LogP contribution in [0.3, 0.4) is 0 Å². The third-order valence-electron chi connectivity index (χ3n) is 4.04. The molecule has 0 aliphatic rings. The molecule has 7 nitrogen and oxygen atoms in total. The summed E-state index contributed by atoms with van der Waals surface area (Å²) >= 11 is 5.89. The summed E-state index contributed by atoms with van der Waals surface area (Å²) in [5.74, 6) is 1.20. The molecule has 0 spiro atoms. The summed E-state index contributed by atoms with van der Waals surface area (Å²) < 4.78 is 16.1. The topological polar surface area (TPSA) is 97.4 Å². The lowest BCUT2D eigenvalue weighted by molar-refractivity contribution is -0.112. The highest BCUT2D eigenvalue weighted by Crippen LogP contribution is 2.30. The van der Waals surface area contributed by atoms with Gasteiger partial charge in [0.2, 0.25) is 0 Å². The molecule has 0 fully saturated rings. The number of methoxy groups -OCH3 is 1. The number of nitrogens with one attached hydrogen (secondary N) is 1. The van der Waals surface area contributed by atoms with Crippen LogP contribution in [0.2, 0.25) is 5.02 Å². The number of hydrogen-bond donors (Lipinski definition) is 1. The van der Waals surface area contributed by atoms with E-state index in [1.54, 1.807) is 43.3 Å². The number of ether oxygens (including phenoxy) is 2. The number of rotatable bonds is 7. The quantitative estimate of drug-likeness (QED) is 0.434. The molecule has 1 N–H and O–H groups in total. The van der Waals surface area contributed by atoms with E-state index in [1.807, 2.05) is 18.2 Å². The number of benzene rings is 2. The number of carbonyl (C=O) groups is 1. The minimum Gasteiger partial charge on any atom is -0.493 e. The minimum atomic E-state index is -0.590. The maximum atomic E-state index is 12.3. The third kappa shape index (κ3) is 5.40. The van der Waals surface area contributed by atoms with Crippen molar-refractivity contribution in [3.05, 3.63) is 76.0 Å². The van der Waals surface area contributed by atoms with E-state index in [0.29, 0.717) is 34.5 Å². The zero-order chi connectivity index (χ0) is 21.5. The SMILES string of the molecule is COc1cc(/C=C(/C#N)C(=O)Nc2cc(C)on2)ccc1OCc1ccc(Cl)cc1. The van der Waals surface area contributed by atoms with Crippen molar-refractivity contribution in [1.82, 2.24) is 5.16 Å². The number of nitriles is 1. The Morgan fingerprint density at radius 3 is 2.63 bits per heavy atom. The van der Waals surface area contributed by atoms with E-state index in [0.717, 1.165) is 5.56 Å². The lowest BCUT2D eigenvalue weighted by Gasteiger charge is -2.11. The molecule has 0 bridgehead atoms. The molecule has 1 amide bonds. The largest absolute Gasteiger partial charge is 0.493 e. The number of nitrogens with zero attached hydrogens (tertiary/aromatic N) is 2. The minimum absolute atomic E-state index is 0.0902. The van der Waals surface area contributed by atoms with Crippen LogP contribution >= 0.6 is 11.6 Å². The number of aryl methyl sites for hydroxylation is 1. The molecule has 30 heavy (non-hydrogen) atoms. The van der Waals surface area contributed by atoms with Crippen LogP contribution in [-0.4, -0.2) is 18.2 Å². The Morgan fingerprint density at radius 2 is 2.00 bits per heavy atom. The first kappa shape index (κ1) is 21.0. The van der Waals surface area contributed by atoms with E-state index in [-0.39, 0.29) is 11.4 Å². The highest BCUT2D eigenvalue weighted by atomic mass is 35.5. The number of amides is 1. The van der Waals surface area contributed by atoms with Crippen molar-refractivity contribution in [3.8, 4) is 17.6 Å². The van der Waals surface area contributed by atoms with Gasteiger partial charge in [-0.2, -0.15) is 5.26 Å². The number of aromatic nitrogens is 1. The van der Waals surface area contributed by atoms with E-state index in [9.17, 15) is 10.1 Å². The van der Waals surface area contributed by atoms with Crippen molar-refractivity contribution in [2.75, 3.05) is 12.4 Å². The van der Waals surface area contributed by atoms with Gasteiger partial charge in [0.15, 0.2) is 17.3 Å². The molecular weight excluding hydrogens is 406 g/mol. The van der Waals surface area contributed by atoms with Gasteiger partial charge in [-0.25, -0.2) is 0 Å². The molecule has 0 aliphatic heterocycles. The van der Waals surface area contributed by atoms with Crippen molar-refractivity contribution >= 4 is 29.4 Å². The highest BCUT2D eigenvalue weighted by Gasteiger charge is 2.13. The van der Waals surface area contributed by atoms with Gasteiger partial charge in [-0.3, -0.25) is 4.79 Å². The molecule has 1 aromatic heterocycles. The van der Waals surface area contributed by atoms with Gasteiger partial charge in [-0.1, -0.05) is 35.0 Å². The van der Waals surface area contributed by atoms with Gasteiger partial charge in [0, 0.05) is 11.1 Å². The first-order valence-electron chi connectivity index (χ1n) is 8.90. The van der Waals surface area contributed by atoms with Crippen molar-refractivity contribution in [1.29, 1.82) is 5.26 Å². The second-order valence-electron chi connectivity index (χ2n) is 6.27. The second kappa shape index (κ2) is 9.63. The first-order valence-corrected chi connectivity index (χ1v) is 9.28. The van der Waals surface area contributed by atoms with E-state index >= 15 is 0 Å². The van der Waals surface area contributed by atoms with Gasteiger partial charge >= 0.3 is 0 Å². The average Bonchev–Trinajstić information content (AvgIpc) is 3.16. The Hall–Kier alpha value is -3.76. The molecule has 0 atom stereocenters.